The molecule has 7 heterocycles. The molecule has 5 aromatic rings. The van der Waals surface area contributed by atoms with E-state index < -0.39 is 29.7 Å². The van der Waals surface area contributed by atoms with Crippen LogP contribution in [-0.4, -0.2) is 104 Å². The van der Waals surface area contributed by atoms with Crippen molar-refractivity contribution in [2.24, 2.45) is 0 Å². The fraction of sp³-hybridized carbons (Fsp3) is 0.300. The number of anilines is 3. The number of benzene rings is 2. The van der Waals surface area contributed by atoms with Crippen LogP contribution in [0.3, 0.4) is 0 Å². The molecule has 56 heavy (non-hydrogen) atoms. The van der Waals surface area contributed by atoms with Crippen LogP contribution in [0.1, 0.15) is 58.0 Å². The van der Waals surface area contributed by atoms with Gasteiger partial charge in [0.05, 0.1) is 35.6 Å². The zero-order valence-electron chi connectivity index (χ0n) is 30.2. The lowest BCUT2D eigenvalue weighted by molar-refractivity contribution is -0.136. The second-order valence-electron chi connectivity index (χ2n) is 14.3. The molecule has 4 aliphatic heterocycles. The average molecular weight is 757 g/mol. The van der Waals surface area contributed by atoms with Gasteiger partial charge in [-0.25, -0.2) is 18.9 Å². The molecule has 4 aliphatic rings. The Hall–Kier alpha value is -6.71. The van der Waals surface area contributed by atoms with Crippen molar-refractivity contribution in [3.05, 3.63) is 102 Å². The van der Waals surface area contributed by atoms with Crippen molar-refractivity contribution < 1.29 is 28.4 Å². The Labute approximate surface area is 320 Å². The van der Waals surface area contributed by atoms with Crippen molar-refractivity contribution in [1.29, 1.82) is 0 Å². The minimum Gasteiger partial charge on any atom is -0.375 e. The summed E-state index contributed by atoms with van der Waals surface area (Å²) in [5.74, 6) is -1.30. The molecule has 3 aromatic heterocycles. The number of piperidine rings is 1. The van der Waals surface area contributed by atoms with Gasteiger partial charge in [-0.05, 0) is 73.4 Å². The summed E-state index contributed by atoms with van der Waals surface area (Å²) >= 11 is 0. The lowest BCUT2D eigenvalue weighted by atomic mass is 10.0. The maximum absolute atomic E-state index is 14.1. The highest BCUT2D eigenvalue weighted by molar-refractivity contribution is 6.25. The standard InChI is InChI=1S/C40H37FN10O5/c41-25-6-1-5-24(21-25)29-10-4-16-49(29)33-13-12-32-44-22-31(51(32)46-33)26-8-3-15-42-37(26)48-19-17-47(18-20-48)35(53)23-43-28-9-2-7-27-36(28)40(56)50(39(27)55)30-11-14-34(52)45-38(30)54/h1-3,5-9,12-13,15,21-22,29-30,43H,4,10-11,14,16-20,23H2,(H,45,52,54)/t29-,30?/m1/s1. The molecule has 5 amide bonds. The number of pyridine rings is 1. The van der Waals surface area contributed by atoms with Crippen LogP contribution < -0.4 is 20.4 Å². The third kappa shape index (κ3) is 6.16. The third-order valence-corrected chi connectivity index (χ3v) is 11.0. The number of nitrogens with zero attached hydrogens (tertiary/aromatic N) is 8. The number of piperazine rings is 1. The van der Waals surface area contributed by atoms with Gasteiger partial charge in [-0.1, -0.05) is 18.2 Å². The summed E-state index contributed by atoms with van der Waals surface area (Å²) in [6, 6.07) is 18.2. The summed E-state index contributed by atoms with van der Waals surface area (Å²) in [5.41, 5.74) is 3.78. The molecular formula is C40H37FN10O5. The van der Waals surface area contributed by atoms with Gasteiger partial charge >= 0.3 is 0 Å². The van der Waals surface area contributed by atoms with Gasteiger partial charge in [0.25, 0.3) is 11.8 Å². The highest BCUT2D eigenvalue weighted by Crippen LogP contribution is 2.37. The minimum absolute atomic E-state index is 0.0151. The van der Waals surface area contributed by atoms with E-state index in [0.717, 1.165) is 52.7 Å². The third-order valence-electron chi connectivity index (χ3n) is 11.0. The Morgan fingerprint density at radius 3 is 2.50 bits per heavy atom. The van der Waals surface area contributed by atoms with Crippen LogP contribution in [0.2, 0.25) is 0 Å². The van der Waals surface area contributed by atoms with E-state index >= 15 is 0 Å². The summed E-state index contributed by atoms with van der Waals surface area (Å²) in [7, 11) is 0. The summed E-state index contributed by atoms with van der Waals surface area (Å²) in [5, 5.41) is 10.3. The largest absolute Gasteiger partial charge is 0.375 e. The van der Waals surface area contributed by atoms with E-state index in [9.17, 15) is 28.4 Å². The molecule has 9 rings (SSSR count). The molecule has 3 fully saturated rings. The van der Waals surface area contributed by atoms with E-state index in [-0.39, 0.29) is 48.3 Å². The molecule has 0 saturated carbocycles. The summed E-state index contributed by atoms with van der Waals surface area (Å²) in [6.45, 7) is 2.57. The second kappa shape index (κ2) is 14.2. The number of imidazole rings is 1. The number of hydrogen-bond acceptors (Lipinski definition) is 11. The highest BCUT2D eigenvalue weighted by atomic mass is 19.1. The molecule has 2 aromatic carbocycles. The Kier molecular flexibility index (Phi) is 8.86. The van der Waals surface area contributed by atoms with Crippen LogP contribution >= 0.6 is 0 Å². The van der Waals surface area contributed by atoms with Gasteiger partial charge < -0.3 is 20.0 Å². The number of fused-ring (bicyclic) bond motifs is 2. The number of imide groups is 2. The Bertz CT molecular complexity index is 2430. The number of aromatic nitrogens is 4. The maximum Gasteiger partial charge on any atom is 0.264 e. The van der Waals surface area contributed by atoms with E-state index in [2.05, 4.69) is 25.4 Å². The number of halogens is 1. The first-order valence-electron chi connectivity index (χ1n) is 18.7. The number of carbonyl (C=O) groups is 5. The average Bonchev–Trinajstić information content (AvgIpc) is 3.94. The van der Waals surface area contributed by atoms with Gasteiger partial charge in [0.15, 0.2) is 5.65 Å². The molecule has 15 nitrogen and oxygen atoms in total. The van der Waals surface area contributed by atoms with Gasteiger partial charge in [0.2, 0.25) is 17.7 Å². The lowest BCUT2D eigenvalue weighted by Gasteiger charge is -2.36. The van der Waals surface area contributed by atoms with Crippen molar-refractivity contribution in [2.75, 3.05) is 54.4 Å². The van der Waals surface area contributed by atoms with Crippen molar-refractivity contribution in [2.45, 2.75) is 37.8 Å². The fourth-order valence-corrected chi connectivity index (χ4v) is 8.26. The summed E-state index contributed by atoms with van der Waals surface area (Å²) in [6.07, 6.45) is 5.47. The van der Waals surface area contributed by atoms with E-state index in [4.69, 9.17) is 10.1 Å². The normalized spacial score (nSPS) is 19.9. The van der Waals surface area contributed by atoms with Crippen molar-refractivity contribution in [3.63, 3.8) is 0 Å². The first-order chi connectivity index (χ1) is 27.2. The molecule has 1 unspecified atom stereocenters. The fourth-order valence-electron chi connectivity index (χ4n) is 8.26. The topological polar surface area (TPSA) is 165 Å². The van der Waals surface area contributed by atoms with Gasteiger partial charge in [-0.3, -0.25) is 34.2 Å². The van der Waals surface area contributed by atoms with Gasteiger partial charge in [0.1, 0.15) is 23.5 Å². The van der Waals surface area contributed by atoms with Gasteiger partial charge in [-0.2, -0.15) is 0 Å². The minimum atomic E-state index is -1.08. The Morgan fingerprint density at radius 2 is 1.68 bits per heavy atom. The van der Waals surface area contributed by atoms with Crippen molar-refractivity contribution >= 4 is 52.5 Å². The summed E-state index contributed by atoms with van der Waals surface area (Å²) < 4.78 is 16.0. The number of nitrogens with one attached hydrogen (secondary N) is 2. The maximum atomic E-state index is 14.1. The predicted octanol–water partition coefficient (Wildman–Crippen LogP) is 3.43. The van der Waals surface area contributed by atoms with Crippen LogP contribution in [0.25, 0.3) is 16.9 Å². The van der Waals surface area contributed by atoms with Gasteiger partial charge in [-0.15, -0.1) is 5.10 Å². The second-order valence-corrected chi connectivity index (χ2v) is 14.3. The molecule has 16 heteroatoms. The quantitative estimate of drug-likeness (QED) is 0.223. The van der Waals surface area contributed by atoms with Crippen LogP contribution in [-0.2, 0) is 14.4 Å². The van der Waals surface area contributed by atoms with Crippen molar-refractivity contribution in [1.82, 2.24) is 34.7 Å². The van der Waals surface area contributed by atoms with E-state index in [1.54, 1.807) is 41.6 Å². The molecule has 284 valence electrons. The number of hydrogen-bond donors (Lipinski definition) is 2. The molecule has 0 aliphatic carbocycles. The number of amides is 5. The zero-order chi connectivity index (χ0) is 38.5. The number of rotatable bonds is 8. The zero-order valence-corrected chi connectivity index (χ0v) is 30.2. The Morgan fingerprint density at radius 1 is 0.857 bits per heavy atom. The molecule has 2 atom stereocenters. The first-order valence-corrected chi connectivity index (χ1v) is 18.7. The van der Waals surface area contributed by atoms with Crippen LogP contribution in [0.15, 0.2) is 79.1 Å². The first kappa shape index (κ1) is 35.0. The van der Waals surface area contributed by atoms with Crippen LogP contribution in [0.5, 0.6) is 0 Å². The Balaban J connectivity index is 0.875. The molecule has 3 saturated heterocycles. The molecule has 2 N–H and O–H groups in total. The summed E-state index contributed by atoms with van der Waals surface area (Å²) in [4.78, 5) is 80.7. The SMILES string of the molecule is O=C1CCC(N2C(=O)c3cccc(NCC(=O)N4CCN(c5ncccc5-c5cnc6ccc(N7CCC[C@@H]7c7cccc(F)c7)nn56)CC4)c3C2=O)C(=O)N1. The molecule has 0 spiro atoms. The van der Waals surface area contributed by atoms with Gasteiger partial charge in [0, 0.05) is 56.6 Å². The highest BCUT2D eigenvalue weighted by Gasteiger charge is 2.45. The predicted molar refractivity (Wildman–Crippen MR) is 202 cm³/mol. The van der Waals surface area contributed by atoms with E-state index in [0.29, 0.717) is 37.5 Å². The monoisotopic (exact) mass is 756 g/mol. The molecular weight excluding hydrogens is 720 g/mol. The number of carbonyl (C=O) groups excluding carboxylic acids is 5. The molecule has 0 radical (unpaired) electrons. The smallest absolute Gasteiger partial charge is 0.264 e. The lowest BCUT2D eigenvalue weighted by Crippen LogP contribution is -2.54. The van der Waals surface area contributed by atoms with Crippen LogP contribution in [0.4, 0.5) is 21.7 Å². The van der Waals surface area contributed by atoms with E-state index in [1.807, 2.05) is 34.8 Å². The molecule has 0 bridgehead atoms. The van der Waals surface area contributed by atoms with E-state index in [1.165, 1.54) is 12.1 Å². The van der Waals surface area contributed by atoms with Crippen molar-refractivity contribution in [3.8, 4) is 11.3 Å². The van der Waals surface area contributed by atoms with Crippen LogP contribution in [0, 0.1) is 5.82 Å².